The quantitative estimate of drug-likeness (QED) is 0.555. The minimum absolute atomic E-state index is 0.158. The monoisotopic (exact) mass is 254 g/mol. The van der Waals surface area contributed by atoms with Crippen LogP contribution in [-0.4, -0.2) is 37.4 Å². The molecule has 18 heavy (non-hydrogen) atoms. The lowest BCUT2D eigenvalue weighted by Crippen LogP contribution is -2.43. The minimum atomic E-state index is -0.477. The van der Waals surface area contributed by atoms with Crippen molar-refractivity contribution in [3.05, 3.63) is 12.7 Å². The molecule has 0 aromatic heterocycles. The number of carbonyl (C=O) groups excluding carboxylic acids is 2. The molecule has 0 bridgehead atoms. The number of cyclic esters (lactones) is 1. The molecule has 4 unspecified atom stereocenters. The van der Waals surface area contributed by atoms with Gasteiger partial charge in [-0.15, -0.1) is 0 Å². The lowest BCUT2D eigenvalue weighted by atomic mass is 9.78. The number of carbonyl (C=O) groups is 2. The van der Waals surface area contributed by atoms with Crippen molar-refractivity contribution < 1.29 is 23.8 Å². The van der Waals surface area contributed by atoms with Crippen LogP contribution in [0.5, 0.6) is 0 Å². The van der Waals surface area contributed by atoms with Crippen LogP contribution in [0.4, 0.5) is 0 Å². The fourth-order valence-electron chi connectivity index (χ4n) is 2.69. The van der Waals surface area contributed by atoms with Gasteiger partial charge in [0.2, 0.25) is 0 Å². The Hall–Kier alpha value is -1.36. The summed E-state index contributed by atoms with van der Waals surface area (Å²) in [5, 5.41) is 0. The van der Waals surface area contributed by atoms with Crippen molar-refractivity contribution >= 4 is 11.9 Å². The highest BCUT2D eigenvalue weighted by Crippen LogP contribution is 2.38. The van der Waals surface area contributed by atoms with Gasteiger partial charge in [-0.1, -0.05) is 6.58 Å². The molecule has 5 nitrogen and oxygen atoms in total. The van der Waals surface area contributed by atoms with Gasteiger partial charge in [-0.2, -0.15) is 0 Å². The zero-order chi connectivity index (χ0) is 13.1. The standard InChI is InChI=1S/C13H18O5/c1-3-12(14)18-11-6-9-8(7-17-13(9)15)5-10(11)16-4-2/h3,8-11H,1,4-7H2,2H3. The lowest BCUT2D eigenvalue weighted by molar-refractivity contribution is -0.161. The van der Waals surface area contributed by atoms with Gasteiger partial charge in [0.15, 0.2) is 0 Å². The molecule has 1 aliphatic heterocycles. The number of hydrogen-bond donors (Lipinski definition) is 0. The minimum Gasteiger partial charge on any atom is -0.465 e. The van der Waals surface area contributed by atoms with Crippen LogP contribution in [0.3, 0.4) is 0 Å². The Morgan fingerprint density at radius 2 is 2.28 bits per heavy atom. The van der Waals surface area contributed by atoms with Crippen LogP contribution in [0.15, 0.2) is 12.7 Å². The van der Waals surface area contributed by atoms with Gasteiger partial charge in [-0.05, 0) is 13.3 Å². The predicted molar refractivity (Wildman–Crippen MR) is 62.7 cm³/mol. The van der Waals surface area contributed by atoms with E-state index in [9.17, 15) is 9.59 Å². The van der Waals surface area contributed by atoms with Gasteiger partial charge in [-0.3, -0.25) is 4.79 Å². The van der Waals surface area contributed by atoms with E-state index < -0.39 is 5.97 Å². The van der Waals surface area contributed by atoms with Crippen LogP contribution in [0.25, 0.3) is 0 Å². The first-order valence-corrected chi connectivity index (χ1v) is 6.27. The van der Waals surface area contributed by atoms with E-state index in [0.717, 1.165) is 6.08 Å². The summed E-state index contributed by atoms with van der Waals surface area (Å²) in [6.07, 6.45) is 1.76. The molecule has 2 aliphatic rings. The maximum Gasteiger partial charge on any atom is 0.330 e. The largest absolute Gasteiger partial charge is 0.465 e. The Morgan fingerprint density at radius 1 is 1.50 bits per heavy atom. The van der Waals surface area contributed by atoms with Gasteiger partial charge >= 0.3 is 11.9 Å². The van der Waals surface area contributed by atoms with Gasteiger partial charge in [0.1, 0.15) is 6.10 Å². The first kappa shape index (κ1) is 13.1. The summed E-state index contributed by atoms with van der Waals surface area (Å²) < 4.78 is 15.9. The van der Waals surface area contributed by atoms with Gasteiger partial charge in [0.05, 0.1) is 18.6 Å². The fourth-order valence-corrected chi connectivity index (χ4v) is 2.69. The molecule has 100 valence electrons. The topological polar surface area (TPSA) is 61.8 Å². The summed E-state index contributed by atoms with van der Waals surface area (Å²) >= 11 is 0. The van der Waals surface area contributed by atoms with Crippen molar-refractivity contribution in [2.24, 2.45) is 11.8 Å². The summed E-state index contributed by atoms with van der Waals surface area (Å²) in [5.41, 5.74) is 0. The van der Waals surface area contributed by atoms with Crippen molar-refractivity contribution in [2.45, 2.75) is 32.0 Å². The molecule has 1 saturated heterocycles. The number of hydrogen-bond acceptors (Lipinski definition) is 5. The van der Waals surface area contributed by atoms with E-state index >= 15 is 0 Å². The number of rotatable bonds is 4. The molecule has 1 aliphatic carbocycles. The molecule has 5 heteroatoms. The molecule has 0 N–H and O–H groups in total. The maximum atomic E-state index is 11.6. The van der Waals surface area contributed by atoms with Crippen LogP contribution in [0, 0.1) is 11.8 Å². The fraction of sp³-hybridized carbons (Fsp3) is 0.692. The molecular formula is C13H18O5. The first-order chi connectivity index (χ1) is 8.65. The van der Waals surface area contributed by atoms with E-state index in [1.807, 2.05) is 6.92 Å². The molecular weight excluding hydrogens is 236 g/mol. The summed E-state index contributed by atoms with van der Waals surface area (Å²) in [4.78, 5) is 22.8. The van der Waals surface area contributed by atoms with Crippen molar-refractivity contribution in [2.75, 3.05) is 13.2 Å². The Balaban J connectivity index is 2.06. The molecule has 0 aromatic carbocycles. The maximum absolute atomic E-state index is 11.6. The van der Waals surface area contributed by atoms with Gasteiger partial charge in [0.25, 0.3) is 0 Å². The summed E-state index contributed by atoms with van der Waals surface area (Å²) in [6, 6.07) is 0. The highest BCUT2D eigenvalue weighted by Gasteiger charge is 2.47. The van der Waals surface area contributed by atoms with Crippen molar-refractivity contribution in [3.63, 3.8) is 0 Å². The highest BCUT2D eigenvalue weighted by molar-refractivity contribution is 5.81. The third-order valence-electron chi connectivity index (χ3n) is 3.56. The molecule has 2 fully saturated rings. The number of ether oxygens (including phenoxy) is 3. The summed E-state index contributed by atoms with van der Waals surface area (Å²) in [7, 11) is 0. The molecule has 1 heterocycles. The molecule has 0 spiro atoms. The first-order valence-electron chi connectivity index (χ1n) is 6.27. The molecule has 0 radical (unpaired) electrons. The Morgan fingerprint density at radius 3 is 2.94 bits per heavy atom. The van der Waals surface area contributed by atoms with Gasteiger partial charge in [0, 0.05) is 25.0 Å². The lowest BCUT2D eigenvalue weighted by Gasteiger charge is -2.35. The average molecular weight is 254 g/mol. The molecule has 0 amide bonds. The highest BCUT2D eigenvalue weighted by atomic mass is 16.6. The van der Waals surface area contributed by atoms with Crippen LogP contribution in [0.1, 0.15) is 19.8 Å². The Bertz CT molecular complexity index is 351. The Kier molecular flexibility index (Phi) is 4.01. The SMILES string of the molecule is C=CC(=O)OC1CC2C(=O)OCC2CC1OCC. The van der Waals surface area contributed by atoms with E-state index in [1.54, 1.807) is 0 Å². The third kappa shape index (κ3) is 2.56. The summed E-state index contributed by atoms with van der Waals surface area (Å²) in [6.45, 7) is 6.28. The number of fused-ring (bicyclic) bond motifs is 1. The molecule has 4 atom stereocenters. The van der Waals surface area contributed by atoms with E-state index in [-0.39, 0.29) is 30.0 Å². The van der Waals surface area contributed by atoms with Crippen molar-refractivity contribution in [1.82, 2.24) is 0 Å². The van der Waals surface area contributed by atoms with Gasteiger partial charge in [-0.25, -0.2) is 4.79 Å². The van der Waals surface area contributed by atoms with E-state index in [2.05, 4.69) is 6.58 Å². The van der Waals surface area contributed by atoms with Crippen LogP contribution < -0.4 is 0 Å². The second kappa shape index (κ2) is 5.52. The number of esters is 2. The van der Waals surface area contributed by atoms with E-state index in [4.69, 9.17) is 14.2 Å². The zero-order valence-electron chi connectivity index (χ0n) is 10.5. The van der Waals surface area contributed by atoms with Gasteiger partial charge < -0.3 is 14.2 Å². The molecule has 1 saturated carbocycles. The smallest absolute Gasteiger partial charge is 0.330 e. The molecule has 2 rings (SSSR count). The van der Waals surface area contributed by atoms with Crippen LogP contribution in [0.2, 0.25) is 0 Å². The van der Waals surface area contributed by atoms with E-state index in [0.29, 0.717) is 26.1 Å². The summed E-state index contributed by atoms with van der Waals surface area (Å²) in [5.74, 6) is -0.638. The Labute approximate surface area is 106 Å². The second-order valence-corrected chi connectivity index (χ2v) is 4.64. The molecule has 0 aromatic rings. The third-order valence-corrected chi connectivity index (χ3v) is 3.56. The normalized spacial score (nSPS) is 34.6. The van der Waals surface area contributed by atoms with Crippen molar-refractivity contribution in [1.29, 1.82) is 0 Å². The average Bonchev–Trinajstić information content (AvgIpc) is 2.71. The zero-order valence-corrected chi connectivity index (χ0v) is 10.5. The predicted octanol–water partition coefficient (Wildman–Crippen LogP) is 1.07. The van der Waals surface area contributed by atoms with E-state index in [1.165, 1.54) is 0 Å². The van der Waals surface area contributed by atoms with Crippen molar-refractivity contribution in [3.8, 4) is 0 Å². The second-order valence-electron chi connectivity index (χ2n) is 4.64. The van der Waals surface area contributed by atoms with Crippen LogP contribution in [-0.2, 0) is 23.8 Å². The van der Waals surface area contributed by atoms with Crippen LogP contribution >= 0.6 is 0 Å².